The van der Waals surface area contributed by atoms with Crippen LogP contribution in [0.1, 0.15) is 34.8 Å². The van der Waals surface area contributed by atoms with E-state index < -0.39 is 23.9 Å². The zero-order valence-corrected chi connectivity index (χ0v) is 16.1. The van der Waals surface area contributed by atoms with Gasteiger partial charge in [0.05, 0.1) is 24.1 Å². The highest BCUT2D eigenvalue weighted by Gasteiger charge is 2.30. The van der Waals surface area contributed by atoms with Gasteiger partial charge in [-0.05, 0) is 42.2 Å². The molecule has 1 amide bonds. The summed E-state index contributed by atoms with van der Waals surface area (Å²) in [6.45, 7) is 0. The maximum atomic E-state index is 12.8. The molecule has 0 radical (unpaired) electrons. The molecule has 0 aliphatic rings. The number of furan rings is 1. The fourth-order valence-electron chi connectivity index (χ4n) is 3.18. The molecule has 3 aromatic rings. The number of aliphatic hydroxyl groups is 1. The SMILES string of the molecule is O=C(CCc1ccccc1)NC(Cc1ccc(C(F)(F)F)cc1)C(O)c1ccoc1. The highest BCUT2D eigenvalue weighted by Crippen LogP contribution is 2.29. The number of nitrogens with one attached hydrogen (secondary N) is 1. The first-order valence-corrected chi connectivity index (χ1v) is 9.52. The maximum Gasteiger partial charge on any atom is 0.416 e. The van der Waals surface area contributed by atoms with E-state index >= 15 is 0 Å². The first kappa shape index (κ1) is 21.6. The molecule has 0 aliphatic heterocycles. The second-order valence-electron chi connectivity index (χ2n) is 7.06. The monoisotopic (exact) mass is 417 g/mol. The van der Waals surface area contributed by atoms with Crippen LogP contribution >= 0.6 is 0 Å². The molecule has 2 unspecified atom stereocenters. The van der Waals surface area contributed by atoms with Crippen molar-refractivity contribution in [3.63, 3.8) is 0 Å². The van der Waals surface area contributed by atoms with Crippen LogP contribution in [0.4, 0.5) is 13.2 Å². The molecule has 0 aliphatic carbocycles. The van der Waals surface area contributed by atoms with Gasteiger partial charge in [0.2, 0.25) is 5.91 Å². The molecule has 2 atom stereocenters. The number of benzene rings is 2. The van der Waals surface area contributed by atoms with Crippen LogP contribution in [0.3, 0.4) is 0 Å². The van der Waals surface area contributed by atoms with E-state index in [1.807, 2.05) is 30.3 Å². The number of carbonyl (C=O) groups excluding carboxylic acids is 1. The predicted octanol–water partition coefficient (Wildman–Crippen LogP) is 4.69. The first-order valence-electron chi connectivity index (χ1n) is 9.52. The van der Waals surface area contributed by atoms with Crippen molar-refractivity contribution in [1.82, 2.24) is 5.32 Å². The molecule has 3 rings (SSSR count). The Balaban J connectivity index is 1.69. The molecular weight excluding hydrogens is 395 g/mol. The topological polar surface area (TPSA) is 62.5 Å². The van der Waals surface area contributed by atoms with E-state index in [0.29, 0.717) is 17.5 Å². The maximum absolute atomic E-state index is 12.8. The molecule has 0 fully saturated rings. The zero-order chi connectivity index (χ0) is 21.6. The van der Waals surface area contributed by atoms with Gasteiger partial charge in [-0.3, -0.25) is 4.79 Å². The Morgan fingerprint density at radius 3 is 2.30 bits per heavy atom. The van der Waals surface area contributed by atoms with Crippen LogP contribution in [-0.4, -0.2) is 17.1 Å². The number of halogens is 3. The van der Waals surface area contributed by atoms with E-state index in [2.05, 4.69) is 5.32 Å². The van der Waals surface area contributed by atoms with Crippen LogP contribution in [0.2, 0.25) is 0 Å². The number of amides is 1. The van der Waals surface area contributed by atoms with Crippen molar-refractivity contribution in [3.05, 3.63) is 95.4 Å². The first-order chi connectivity index (χ1) is 14.3. The van der Waals surface area contributed by atoms with Gasteiger partial charge in [-0.25, -0.2) is 0 Å². The zero-order valence-electron chi connectivity index (χ0n) is 16.1. The minimum atomic E-state index is -4.42. The number of aryl methyl sites for hydroxylation is 1. The van der Waals surface area contributed by atoms with Gasteiger partial charge in [0, 0.05) is 12.0 Å². The van der Waals surface area contributed by atoms with Gasteiger partial charge in [-0.2, -0.15) is 13.2 Å². The van der Waals surface area contributed by atoms with Gasteiger partial charge >= 0.3 is 6.18 Å². The molecule has 2 aromatic carbocycles. The Bertz CT molecular complexity index is 923. The van der Waals surface area contributed by atoms with Crippen molar-refractivity contribution in [2.45, 2.75) is 37.6 Å². The van der Waals surface area contributed by atoms with E-state index in [-0.39, 0.29) is 18.7 Å². The van der Waals surface area contributed by atoms with Crippen molar-refractivity contribution < 1.29 is 27.5 Å². The summed E-state index contributed by atoms with van der Waals surface area (Å²) in [7, 11) is 0. The largest absolute Gasteiger partial charge is 0.472 e. The van der Waals surface area contributed by atoms with E-state index in [9.17, 15) is 23.1 Å². The van der Waals surface area contributed by atoms with E-state index in [0.717, 1.165) is 17.7 Å². The summed E-state index contributed by atoms with van der Waals surface area (Å²) in [6, 6.07) is 15.1. The molecule has 7 heteroatoms. The molecule has 0 saturated carbocycles. The van der Waals surface area contributed by atoms with Crippen molar-refractivity contribution >= 4 is 5.91 Å². The smallest absolute Gasteiger partial charge is 0.416 e. The van der Waals surface area contributed by atoms with Crippen LogP contribution in [-0.2, 0) is 23.8 Å². The quantitative estimate of drug-likeness (QED) is 0.559. The number of aliphatic hydroxyl groups excluding tert-OH is 1. The van der Waals surface area contributed by atoms with E-state index in [4.69, 9.17) is 4.42 Å². The fourth-order valence-corrected chi connectivity index (χ4v) is 3.18. The highest BCUT2D eigenvalue weighted by atomic mass is 19.4. The van der Waals surface area contributed by atoms with E-state index in [1.54, 1.807) is 6.07 Å². The summed E-state index contributed by atoms with van der Waals surface area (Å²) in [4.78, 5) is 12.5. The summed E-state index contributed by atoms with van der Waals surface area (Å²) in [5, 5.41) is 13.5. The molecule has 1 aromatic heterocycles. The number of carbonyl (C=O) groups is 1. The van der Waals surface area contributed by atoms with Crippen LogP contribution in [0.25, 0.3) is 0 Å². The van der Waals surface area contributed by atoms with Gasteiger partial charge in [0.25, 0.3) is 0 Å². The van der Waals surface area contributed by atoms with Crippen molar-refractivity contribution in [2.75, 3.05) is 0 Å². The number of hydrogen-bond acceptors (Lipinski definition) is 3. The molecule has 0 saturated heterocycles. The van der Waals surface area contributed by atoms with Gasteiger partial charge in [0.15, 0.2) is 0 Å². The minimum absolute atomic E-state index is 0.168. The Labute approximate surface area is 172 Å². The Morgan fingerprint density at radius 1 is 1.00 bits per heavy atom. The average Bonchev–Trinajstić information content (AvgIpc) is 3.27. The molecule has 0 spiro atoms. The Morgan fingerprint density at radius 2 is 1.70 bits per heavy atom. The summed E-state index contributed by atoms with van der Waals surface area (Å²) < 4.78 is 43.4. The second kappa shape index (κ2) is 9.63. The lowest BCUT2D eigenvalue weighted by Gasteiger charge is -2.24. The highest BCUT2D eigenvalue weighted by molar-refractivity contribution is 5.76. The fraction of sp³-hybridized carbons (Fsp3) is 0.261. The standard InChI is InChI=1S/C23H22F3NO3/c24-23(25,26)19-9-6-17(7-10-19)14-20(22(29)18-12-13-30-15-18)27-21(28)11-8-16-4-2-1-3-5-16/h1-7,9-10,12-13,15,20,22,29H,8,11,14H2,(H,27,28). The molecular formula is C23H22F3NO3. The third kappa shape index (κ3) is 5.97. The number of rotatable bonds is 8. The summed E-state index contributed by atoms with van der Waals surface area (Å²) in [5.74, 6) is -0.252. The van der Waals surface area contributed by atoms with Crippen molar-refractivity contribution in [3.8, 4) is 0 Å². The van der Waals surface area contributed by atoms with Crippen molar-refractivity contribution in [1.29, 1.82) is 0 Å². The summed E-state index contributed by atoms with van der Waals surface area (Å²) >= 11 is 0. The third-order valence-corrected chi connectivity index (χ3v) is 4.83. The Kier molecular flexibility index (Phi) is 6.95. The van der Waals surface area contributed by atoms with Gasteiger partial charge in [-0.15, -0.1) is 0 Å². The van der Waals surface area contributed by atoms with E-state index in [1.165, 1.54) is 24.7 Å². The predicted molar refractivity (Wildman–Crippen MR) is 106 cm³/mol. The second-order valence-corrected chi connectivity index (χ2v) is 7.06. The molecule has 2 N–H and O–H groups in total. The lowest BCUT2D eigenvalue weighted by atomic mass is 9.96. The average molecular weight is 417 g/mol. The van der Waals surface area contributed by atoms with Gasteiger partial charge in [0.1, 0.15) is 6.10 Å². The minimum Gasteiger partial charge on any atom is -0.472 e. The van der Waals surface area contributed by atoms with Gasteiger partial charge < -0.3 is 14.8 Å². The molecule has 1 heterocycles. The number of alkyl halides is 3. The lowest BCUT2D eigenvalue weighted by Crippen LogP contribution is -2.41. The summed E-state index contributed by atoms with van der Waals surface area (Å²) in [5.41, 5.74) is 1.32. The molecule has 30 heavy (non-hydrogen) atoms. The molecule has 0 bridgehead atoms. The molecule has 4 nitrogen and oxygen atoms in total. The Hall–Kier alpha value is -3.06. The van der Waals surface area contributed by atoms with Crippen molar-refractivity contribution in [2.24, 2.45) is 0 Å². The summed E-state index contributed by atoms with van der Waals surface area (Å²) in [6.07, 6.45) is -1.76. The van der Waals surface area contributed by atoms with Crippen LogP contribution < -0.4 is 5.32 Å². The van der Waals surface area contributed by atoms with Gasteiger partial charge in [-0.1, -0.05) is 42.5 Å². The molecule has 158 valence electrons. The van der Waals surface area contributed by atoms with Crippen LogP contribution in [0.15, 0.2) is 77.6 Å². The normalized spacial score (nSPS) is 13.6. The van der Waals surface area contributed by atoms with Crippen LogP contribution in [0.5, 0.6) is 0 Å². The third-order valence-electron chi connectivity index (χ3n) is 4.83. The number of hydrogen-bond donors (Lipinski definition) is 2. The lowest BCUT2D eigenvalue weighted by molar-refractivity contribution is -0.137. The van der Waals surface area contributed by atoms with Crippen LogP contribution in [0, 0.1) is 0 Å².